The summed E-state index contributed by atoms with van der Waals surface area (Å²) in [4.78, 5) is 19.6. The van der Waals surface area contributed by atoms with Crippen LogP contribution < -0.4 is 16.0 Å². The molecule has 0 spiro atoms. The number of aliphatic hydroxyl groups excluding tert-OH is 1. The third-order valence-corrected chi connectivity index (χ3v) is 5.61. The van der Waals surface area contributed by atoms with E-state index in [0.29, 0.717) is 17.8 Å². The predicted molar refractivity (Wildman–Crippen MR) is 115 cm³/mol. The molecule has 29 heavy (non-hydrogen) atoms. The standard InChI is InChI=1S/C22H32N4O3/c1-16(25-18-4-8-20(27)9-5-18)21(14-23)22(28)24-15-17-2-6-19(7-3-17)26-10-12-29-13-11-26/h2-3,6-7,14,18,20,27H,4-5,8-13,15,23H2,1H3,(H,24,28)/b21-14+,25-16?. The summed E-state index contributed by atoms with van der Waals surface area (Å²) >= 11 is 0. The van der Waals surface area contributed by atoms with Crippen molar-refractivity contribution in [3.05, 3.63) is 41.6 Å². The minimum Gasteiger partial charge on any atom is -0.404 e. The third-order valence-electron chi connectivity index (χ3n) is 5.61. The van der Waals surface area contributed by atoms with Gasteiger partial charge >= 0.3 is 0 Å². The van der Waals surface area contributed by atoms with Gasteiger partial charge < -0.3 is 25.8 Å². The van der Waals surface area contributed by atoms with Crippen LogP contribution in [-0.4, -0.2) is 55.2 Å². The number of anilines is 1. The molecule has 1 saturated heterocycles. The lowest BCUT2D eigenvalue weighted by Gasteiger charge is -2.28. The molecule has 7 nitrogen and oxygen atoms in total. The molecule has 1 amide bonds. The molecule has 0 unspecified atom stereocenters. The van der Waals surface area contributed by atoms with Crippen molar-refractivity contribution in [1.29, 1.82) is 0 Å². The Balaban J connectivity index is 1.53. The van der Waals surface area contributed by atoms with Crippen molar-refractivity contribution in [2.75, 3.05) is 31.2 Å². The van der Waals surface area contributed by atoms with Crippen LogP contribution in [0.1, 0.15) is 38.2 Å². The summed E-state index contributed by atoms with van der Waals surface area (Å²) in [5, 5.41) is 12.6. The third kappa shape index (κ3) is 6.05. The summed E-state index contributed by atoms with van der Waals surface area (Å²) in [6.07, 6.45) is 4.31. The number of aliphatic hydroxyl groups is 1. The minimum atomic E-state index is -0.221. The predicted octanol–water partition coefficient (Wildman–Crippen LogP) is 1.75. The molecule has 0 aromatic heterocycles. The van der Waals surface area contributed by atoms with Crippen molar-refractivity contribution in [2.24, 2.45) is 10.7 Å². The van der Waals surface area contributed by atoms with Crippen molar-refractivity contribution < 1.29 is 14.6 Å². The fourth-order valence-corrected chi connectivity index (χ4v) is 3.82. The van der Waals surface area contributed by atoms with Crippen molar-refractivity contribution in [3.8, 4) is 0 Å². The van der Waals surface area contributed by atoms with Gasteiger partial charge in [-0.3, -0.25) is 9.79 Å². The van der Waals surface area contributed by atoms with E-state index in [1.165, 1.54) is 11.9 Å². The fraction of sp³-hybridized carbons (Fsp3) is 0.545. The van der Waals surface area contributed by atoms with E-state index in [1.807, 2.05) is 19.1 Å². The van der Waals surface area contributed by atoms with Gasteiger partial charge in [-0.25, -0.2) is 0 Å². The second-order valence-corrected chi connectivity index (χ2v) is 7.71. The lowest BCUT2D eigenvalue weighted by atomic mass is 9.93. The van der Waals surface area contributed by atoms with Crippen molar-refractivity contribution >= 4 is 17.3 Å². The molecular weight excluding hydrogens is 368 g/mol. The molecule has 0 radical (unpaired) electrons. The number of ether oxygens (including phenoxy) is 1. The monoisotopic (exact) mass is 400 g/mol. The summed E-state index contributed by atoms with van der Waals surface area (Å²) in [6, 6.07) is 8.37. The summed E-state index contributed by atoms with van der Waals surface area (Å²) in [7, 11) is 0. The van der Waals surface area contributed by atoms with Gasteiger partial charge in [0, 0.05) is 37.2 Å². The van der Waals surface area contributed by atoms with Crippen molar-refractivity contribution in [2.45, 2.75) is 51.3 Å². The summed E-state index contributed by atoms with van der Waals surface area (Å²) in [5.41, 5.74) is 8.97. The number of morpholine rings is 1. The second kappa shape index (κ2) is 10.4. The molecule has 0 bridgehead atoms. The smallest absolute Gasteiger partial charge is 0.254 e. The van der Waals surface area contributed by atoms with Crippen LogP contribution in [0, 0.1) is 0 Å². The van der Waals surface area contributed by atoms with Gasteiger partial charge in [-0.2, -0.15) is 0 Å². The number of carbonyl (C=O) groups excluding carboxylic acids is 1. The van der Waals surface area contributed by atoms with E-state index >= 15 is 0 Å². The number of hydrogen-bond donors (Lipinski definition) is 3. The number of aliphatic imine (C=N–C) groups is 1. The second-order valence-electron chi connectivity index (χ2n) is 7.71. The van der Waals surface area contributed by atoms with E-state index in [-0.39, 0.29) is 18.1 Å². The van der Waals surface area contributed by atoms with Gasteiger partial charge in [-0.15, -0.1) is 0 Å². The Hall–Kier alpha value is -2.38. The molecule has 1 aliphatic heterocycles. The highest BCUT2D eigenvalue weighted by atomic mass is 16.5. The Labute approximate surface area is 172 Å². The molecule has 4 N–H and O–H groups in total. The Kier molecular flexibility index (Phi) is 7.66. The number of nitrogens with one attached hydrogen (secondary N) is 1. The van der Waals surface area contributed by atoms with E-state index < -0.39 is 0 Å². The number of nitrogens with two attached hydrogens (primary N) is 1. The molecule has 1 aromatic rings. The van der Waals surface area contributed by atoms with E-state index in [2.05, 4.69) is 27.3 Å². The lowest BCUT2D eigenvalue weighted by Crippen LogP contribution is -2.36. The molecule has 1 aromatic carbocycles. The van der Waals surface area contributed by atoms with E-state index in [0.717, 1.165) is 57.6 Å². The van der Waals surface area contributed by atoms with Crippen LogP contribution in [0.5, 0.6) is 0 Å². The average molecular weight is 401 g/mol. The SMILES string of the molecule is CC(=NC1CCC(O)CC1)/C(=C\N)C(=O)NCc1ccc(N2CCOCC2)cc1. The molecule has 1 aliphatic carbocycles. The van der Waals surface area contributed by atoms with Gasteiger partial charge in [-0.05, 0) is 50.3 Å². The molecule has 1 saturated carbocycles. The van der Waals surface area contributed by atoms with Crippen LogP contribution in [-0.2, 0) is 16.1 Å². The Morgan fingerprint density at radius 3 is 2.52 bits per heavy atom. The number of hydrogen-bond acceptors (Lipinski definition) is 6. The molecule has 2 aliphatic rings. The Bertz CT molecular complexity index is 731. The first-order chi connectivity index (χ1) is 14.1. The minimum absolute atomic E-state index is 0.147. The molecule has 7 heteroatoms. The topological polar surface area (TPSA) is 100 Å². The molecular formula is C22H32N4O3. The number of carbonyl (C=O) groups is 1. The highest BCUT2D eigenvalue weighted by Crippen LogP contribution is 2.22. The van der Waals surface area contributed by atoms with E-state index in [9.17, 15) is 9.90 Å². The molecule has 3 rings (SSSR count). The van der Waals surface area contributed by atoms with Crippen LogP contribution in [0.25, 0.3) is 0 Å². The molecule has 158 valence electrons. The van der Waals surface area contributed by atoms with Crippen LogP contribution in [0.15, 0.2) is 41.0 Å². The summed E-state index contributed by atoms with van der Waals surface area (Å²) in [5.74, 6) is -0.221. The maximum absolute atomic E-state index is 12.6. The van der Waals surface area contributed by atoms with Crippen molar-refractivity contribution in [1.82, 2.24) is 5.32 Å². The van der Waals surface area contributed by atoms with Crippen molar-refractivity contribution in [3.63, 3.8) is 0 Å². The number of rotatable bonds is 6. The average Bonchev–Trinajstić information content (AvgIpc) is 2.75. The summed E-state index contributed by atoms with van der Waals surface area (Å²) in [6.45, 7) is 5.57. The zero-order valence-electron chi connectivity index (χ0n) is 17.1. The zero-order chi connectivity index (χ0) is 20.6. The zero-order valence-corrected chi connectivity index (χ0v) is 17.1. The van der Waals surface area contributed by atoms with Crippen LogP contribution >= 0.6 is 0 Å². The van der Waals surface area contributed by atoms with Gasteiger partial charge in [-0.1, -0.05) is 12.1 Å². The molecule has 1 heterocycles. The van der Waals surface area contributed by atoms with Gasteiger partial charge in [0.2, 0.25) is 0 Å². The van der Waals surface area contributed by atoms with Crippen LogP contribution in [0.3, 0.4) is 0 Å². The molecule has 0 atom stereocenters. The van der Waals surface area contributed by atoms with E-state index in [4.69, 9.17) is 10.5 Å². The molecule has 2 fully saturated rings. The van der Waals surface area contributed by atoms with Gasteiger partial charge in [0.1, 0.15) is 0 Å². The normalized spacial score (nSPS) is 23.7. The first-order valence-electron chi connectivity index (χ1n) is 10.4. The highest BCUT2D eigenvalue weighted by molar-refractivity contribution is 6.20. The lowest BCUT2D eigenvalue weighted by molar-refractivity contribution is -0.117. The first kappa shape index (κ1) is 21.3. The largest absolute Gasteiger partial charge is 0.404 e. The fourth-order valence-electron chi connectivity index (χ4n) is 3.82. The van der Waals surface area contributed by atoms with E-state index in [1.54, 1.807) is 0 Å². The number of nitrogens with zero attached hydrogens (tertiary/aromatic N) is 2. The Morgan fingerprint density at radius 2 is 1.90 bits per heavy atom. The van der Waals surface area contributed by atoms with Gasteiger partial charge in [0.25, 0.3) is 5.91 Å². The van der Waals surface area contributed by atoms with Gasteiger partial charge in [0.05, 0.1) is 30.9 Å². The van der Waals surface area contributed by atoms with Crippen LogP contribution in [0.4, 0.5) is 5.69 Å². The maximum atomic E-state index is 12.6. The number of amides is 1. The first-order valence-corrected chi connectivity index (χ1v) is 10.4. The number of benzene rings is 1. The quantitative estimate of drug-likeness (QED) is 0.499. The summed E-state index contributed by atoms with van der Waals surface area (Å²) < 4.78 is 5.39. The van der Waals surface area contributed by atoms with Gasteiger partial charge in [0.15, 0.2) is 0 Å². The maximum Gasteiger partial charge on any atom is 0.254 e. The highest BCUT2D eigenvalue weighted by Gasteiger charge is 2.20. The van der Waals surface area contributed by atoms with Crippen LogP contribution in [0.2, 0.25) is 0 Å². The Morgan fingerprint density at radius 1 is 1.24 bits per heavy atom.